The number of nitrogens with one attached hydrogen (secondary N) is 2. The largest absolute Gasteiger partial charge is 0.481 e. The van der Waals surface area contributed by atoms with E-state index in [4.69, 9.17) is 26.1 Å². The van der Waals surface area contributed by atoms with E-state index in [2.05, 4.69) is 31.7 Å². The summed E-state index contributed by atoms with van der Waals surface area (Å²) in [6.07, 6.45) is 0.306. The summed E-state index contributed by atoms with van der Waals surface area (Å²) in [5.41, 5.74) is 5.28. The minimum Gasteiger partial charge on any atom is -0.481 e. The maximum Gasteiger partial charge on any atom is 0.280 e. The molecule has 1 amide bonds. The lowest BCUT2D eigenvalue weighted by Crippen LogP contribution is -2.70. The number of fused-ring (bicyclic) bond motifs is 2. The fraction of sp³-hybridized carbons (Fsp3) is 0.324. The van der Waals surface area contributed by atoms with Gasteiger partial charge in [-0.15, -0.1) is 0 Å². The highest BCUT2D eigenvalue weighted by Gasteiger charge is 2.50. The lowest BCUT2D eigenvalue weighted by molar-refractivity contribution is -0.179. The molecule has 1 unspecified atom stereocenters. The predicted octanol–water partition coefficient (Wildman–Crippen LogP) is 5.90. The van der Waals surface area contributed by atoms with Gasteiger partial charge in [-0.2, -0.15) is 5.10 Å². The molecule has 5 heterocycles. The smallest absolute Gasteiger partial charge is 0.280 e. The molecule has 14 heteroatoms. The summed E-state index contributed by atoms with van der Waals surface area (Å²) in [4.78, 5) is 36.1. The van der Waals surface area contributed by atoms with Crippen molar-refractivity contribution in [2.75, 3.05) is 38.7 Å². The van der Waals surface area contributed by atoms with Crippen molar-refractivity contribution in [2.24, 2.45) is 7.05 Å². The summed E-state index contributed by atoms with van der Waals surface area (Å²) in [5, 5.41) is 11.0. The van der Waals surface area contributed by atoms with Gasteiger partial charge in [0.25, 0.3) is 12.0 Å². The van der Waals surface area contributed by atoms with Gasteiger partial charge in [-0.05, 0) is 54.7 Å². The van der Waals surface area contributed by atoms with E-state index in [9.17, 15) is 18.4 Å². The highest BCUT2D eigenvalue weighted by atomic mass is 35.5. The van der Waals surface area contributed by atoms with E-state index in [1.54, 1.807) is 13.2 Å². The van der Waals surface area contributed by atoms with Crippen LogP contribution in [0.25, 0.3) is 33.2 Å². The minimum atomic E-state index is -2.84. The molecular formula is C37H34ClF2N7O4. The highest BCUT2D eigenvalue weighted by Crippen LogP contribution is 2.47. The molecule has 3 aromatic heterocycles. The molecule has 2 aromatic carbocycles. The van der Waals surface area contributed by atoms with Crippen molar-refractivity contribution in [3.8, 4) is 28.3 Å². The fourth-order valence-corrected chi connectivity index (χ4v) is 7.87. The topological polar surface area (TPSA) is 124 Å². The van der Waals surface area contributed by atoms with Gasteiger partial charge in [-0.3, -0.25) is 14.5 Å². The van der Waals surface area contributed by atoms with Crippen LogP contribution < -0.4 is 20.9 Å². The van der Waals surface area contributed by atoms with Crippen LogP contribution in [0.1, 0.15) is 41.3 Å². The summed E-state index contributed by atoms with van der Waals surface area (Å²) in [6.45, 7) is 3.94. The van der Waals surface area contributed by atoms with E-state index in [-0.39, 0.29) is 40.7 Å². The van der Waals surface area contributed by atoms with Gasteiger partial charge in [0.2, 0.25) is 11.8 Å². The molecule has 2 aliphatic heterocycles. The van der Waals surface area contributed by atoms with Gasteiger partial charge in [0.1, 0.15) is 23.7 Å². The average molecular weight is 714 g/mol. The Morgan fingerprint density at radius 3 is 2.61 bits per heavy atom. The Morgan fingerprint density at radius 2 is 1.86 bits per heavy atom. The van der Waals surface area contributed by atoms with Crippen LogP contribution in [-0.4, -0.2) is 69.5 Å². The third kappa shape index (κ3) is 5.69. The first kappa shape index (κ1) is 33.2. The number of halogens is 3. The number of ether oxygens (including phenoxy) is 2. The molecule has 1 aliphatic carbocycles. The van der Waals surface area contributed by atoms with Crippen molar-refractivity contribution in [1.82, 2.24) is 30.0 Å². The predicted molar refractivity (Wildman–Crippen MR) is 189 cm³/mol. The molecule has 5 aromatic rings. The molecule has 51 heavy (non-hydrogen) atoms. The summed E-state index contributed by atoms with van der Waals surface area (Å²) >= 11 is 7.18. The first-order valence-corrected chi connectivity index (χ1v) is 17.0. The number of anilines is 2. The zero-order valence-electron chi connectivity index (χ0n) is 28.1. The number of methoxy groups -OCH3 is 1. The van der Waals surface area contributed by atoms with Gasteiger partial charge in [-0.25, -0.2) is 23.4 Å². The Labute approximate surface area is 296 Å². The number of carbonyl (C=O) groups is 1. The molecule has 262 valence electrons. The lowest BCUT2D eigenvalue weighted by Gasteiger charge is -2.53. The number of alkyl halides is 2. The minimum absolute atomic E-state index is 0.0186. The second-order valence-corrected chi connectivity index (χ2v) is 13.7. The number of hydrogen-bond acceptors (Lipinski definition) is 9. The Morgan fingerprint density at radius 1 is 1.10 bits per heavy atom. The van der Waals surface area contributed by atoms with Crippen LogP contribution in [0.5, 0.6) is 5.88 Å². The fourth-order valence-electron chi connectivity index (χ4n) is 7.54. The maximum absolute atomic E-state index is 13.8. The number of nitrogens with zero attached hydrogens (tertiary/aromatic N) is 5. The van der Waals surface area contributed by atoms with Crippen LogP contribution in [0.2, 0.25) is 5.02 Å². The van der Waals surface area contributed by atoms with E-state index < -0.39 is 17.7 Å². The number of aryl methyl sites for hydroxylation is 2. The number of amides is 1. The molecule has 2 saturated heterocycles. The zero-order valence-corrected chi connectivity index (χ0v) is 28.9. The molecule has 8 rings (SSSR count). The summed E-state index contributed by atoms with van der Waals surface area (Å²) in [6, 6.07) is 14.7. The quantitative estimate of drug-likeness (QED) is 0.212. The van der Waals surface area contributed by atoms with Gasteiger partial charge in [-0.1, -0.05) is 41.9 Å². The second-order valence-electron chi connectivity index (χ2n) is 13.3. The zero-order chi connectivity index (χ0) is 35.6. The normalized spacial score (nSPS) is 18.2. The summed E-state index contributed by atoms with van der Waals surface area (Å²) < 4.78 is 40.6. The molecule has 3 aliphatic rings. The summed E-state index contributed by atoms with van der Waals surface area (Å²) in [5.74, 6) is 0.492. The van der Waals surface area contributed by atoms with Gasteiger partial charge >= 0.3 is 0 Å². The van der Waals surface area contributed by atoms with Crippen LogP contribution >= 0.6 is 11.6 Å². The van der Waals surface area contributed by atoms with E-state index in [0.717, 1.165) is 64.0 Å². The van der Waals surface area contributed by atoms with E-state index in [1.165, 1.54) is 19.3 Å². The Kier molecular flexibility index (Phi) is 8.23. The van der Waals surface area contributed by atoms with Crippen LogP contribution in [0, 0.1) is 6.92 Å². The standard InChI is InChI=1S/C37H34ClF2N7O4/c1-19-22(6-5-9-25(19)43-34-31-21(13-27(44-34)33(39)40)14-42-46(2)36(31)49)23-7-4-8-24(32(23)38)26-12-20-10-11-28(30(20)35(45-26)50-3)47-17-37(18-47)16-41-29(48)15-51-37/h4-9,12-14,28,33H,10-11,15-18H2,1-3H3,(H,41,48)(H,43,44). The van der Waals surface area contributed by atoms with E-state index >= 15 is 0 Å². The van der Waals surface area contributed by atoms with Crippen LogP contribution in [0.3, 0.4) is 0 Å². The van der Waals surface area contributed by atoms with Gasteiger partial charge in [0.05, 0.1) is 29.4 Å². The van der Waals surface area contributed by atoms with Crippen LogP contribution in [-0.2, 0) is 23.0 Å². The van der Waals surface area contributed by atoms with E-state index in [0.29, 0.717) is 28.8 Å². The van der Waals surface area contributed by atoms with Crippen molar-refractivity contribution in [1.29, 1.82) is 0 Å². The molecule has 2 N–H and O–H groups in total. The molecule has 0 radical (unpaired) electrons. The molecule has 0 saturated carbocycles. The first-order valence-electron chi connectivity index (χ1n) is 16.6. The molecule has 0 bridgehead atoms. The van der Waals surface area contributed by atoms with Crippen molar-refractivity contribution in [2.45, 2.75) is 37.8 Å². The number of carbonyl (C=O) groups excluding carboxylic acids is 1. The van der Waals surface area contributed by atoms with Crippen molar-refractivity contribution >= 4 is 39.8 Å². The number of rotatable bonds is 7. The van der Waals surface area contributed by atoms with Gasteiger partial charge in [0, 0.05) is 60.5 Å². The SMILES string of the molecule is COc1nc(-c2cccc(-c3cccc(Nc4nc(C(F)F)cc5cnn(C)c(=O)c45)c3C)c2Cl)cc2c1C(N1CC3(CNC(=O)CO3)C1)CC2. The lowest BCUT2D eigenvalue weighted by atomic mass is 9.89. The third-order valence-electron chi connectivity index (χ3n) is 10.2. The van der Waals surface area contributed by atoms with Crippen molar-refractivity contribution < 1.29 is 23.0 Å². The third-order valence-corrected chi connectivity index (χ3v) is 10.6. The number of aromatic nitrogens is 4. The second kappa shape index (κ2) is 12.7. The number of morpholine rings is 1. The maximum atomic E-state index is 13.8. The van der Waals surface area contributed by atoms with Gasteiger partial charge < -0.3 is 20.1 Å². The van der Waals surface area contributed by atoms with Gasteiger partial charge in [0.15, 0.2) is 0 Å². The first-order chi connectivity index (χ1) is 24.6. The summed E-state index contributed by atoms with van der Waals surface area (Å²) in [7, 11) is 3.12. The Bertz CT molecular complexity index is 2280. The Hall–Kier alpha value is -4.98. The number of hydrogen-bond donors (Lipinski definition) is 2. The van der Waals surface area contributed by atoms with Crippen LogP contribution in [0.15, 0.2) is 59.5 Å². The molecule has 2 fully saturated rings. The molecule has 1 spiro atoms. The molecule has 1 atom stereocenters. The van der Waals surface area contributed by atoms with E-state index in [1.807, 2.05) is 37.3 Å². The molecular weight excluding hydrogens is 680 g/mol. The van der Waals surface area contributed by atoms with Crippen molar-refractivity contribution in [3.63, 3.8) is 0 Å². The number of pyridine rings is 2. The molecule has 11 nitrogen and oxygen atoms in total. The number of likely N-dealkylation sites (tertiary alicyclic amines) is 1. The van der Waals surface area contributed by atoms with Crippen molar-refractivity contribution in [3.05, 3.63) is 92.5 Å². The average Bonchev–Trinajstić information content (AvgIpc) is 3.53. The Balaban J connectivity index is 1.12. The van der Waals surface area contributed by atoms with Crippen LogP contribution in [0.4, 0.5) is 20.3 Å². The number of benzene rings is 2. The highest BCUT2D eigenvalue weighted by molar-refractivity contribution is 6.36. The monoisotopic (exact) mass is 713 g/mol.